The van der Waals surface area contributed by atoms with Gasteiger partial charge in [-0.05, 0) is 52.8 Å². The van der Waals surface area contributed by atoms with Crippen LogP contribution in [0.2, 0.25) is 5.02 Å². The minimum Gasteiger partial charge on any atom is -0.372 e. The van der Waals surface area contributed by atoms with E-state index >= 15 is 0 Å². The van der Waals surface area contributed by atoms with Crippen molar-refractivity contribution in [3.05, 3.63) is 44.4 Å². The topological polar surface area (TPSA) is 37.8 Å². The number of hydrogen-bond donors (Lipinski definition) is 1. The fourth-order valence-electron chi connectivity index (χ4n) is 1.80. The van der Waals surface area contributed by atoms with Crippen LogP contribution in [0.15, 0.2) is 29.2 Å². The number of rotatable bonds is 5. The Morgan fingerprint density at radius 3 is 2.48 bits per heavy atom. The number of thioether (sulfide) groups is 1. The molecule has 1 N–H and O–H groups in total. The Labute approximate surface area is 148 Å². The number of benzene rings is 1. The lowest BCUT2D eigenvalue weighted by atomic mass is 10.1. The summed E-state index contributed by atoms with van der Waals surface area (Å²) in [6.07, 6.45) is 0. The highest BCUT2D eigenvalue weighted by atomic mass is 127. The molecule has 0 aliphatic rings. The summed E-state index contributed by atoms with van der Waals surface area (Å²) in [5.41, 5.74) is 1.10. The second-order valence-electron chi connectivity index (χ2n) is 4.83. The number of hydrogen-bond acceptors (Lipinski definition) is 4. The zero-order valence-corrected chi connectivity index (χ0v) is 15.9. The summed E-state index contributed by atoms with van der Waals surface area (Å²) in [6.45, 7) is 4.31. The first-order valence-corrected chi connectivity index (χ1v) is 9.08. The van der Waals surface area contributed by atoms with Gasteiger partial charge in [0.15, 0.2) is 0 Å². The molecule has 2 rings (SSSR count). The average Bonchev–Trinajstić information content (AvgIpc) is 2.47. The molecule has 0 spiro atoms. The van der Waals surface area contributed by atoms with E-state index in [0.29, 0.717) is 5.92 Å². The summed E-state index contributed by atoms with van der Waals surface area (Å²) < 4.78 is 1.10. The van der Waals surface area contributed by atoms with E-state index in [4.69, 9.17) is 16.6 Å². The number of nitrogens with zero attached hydrogens (tertiary/aromatic N) is 2. The maximum atomic E-state index is 5.90. The van der Waals surface area contributed by atoms with Crippen molar-refractivity contribution >= 4 is 51.8 Å². The molecule has 21 heavy (non-hydrogen) atoms. The van der Waals surface area contributed by atoms with Crippen LogP contribution < -0.4 is 5.32 Å². The van der Waals surface area contributed by atoms with Crippen molar-refractivity contribution in [2.45, 2.75) is 30.4 Å². The van der Waals surface area contributed by atoms with Crippen LogP contribution in [0, 0.1) is 3.57 Å². The van der Waals surface area contributed by atoms with Crippen molar-refractivity contribution in [1.82, 2.24) is 9.97 Å². The van der Waals surface area contributed by atoms with E-state index < -0.39 is 0 Å². The summed E-state index contributed by atoms with van der Waals surface area (Å²) in [7, 11) is 1.89. The second-order valence-corrected chi connectivity index (χ2v) is 7.40. The number of anilines is 1. The number of halogens is 2. The average molecular weight is 434 g/mol. The van der Waals surface area contributed by atoms with Gasteiger partial charge in [0.25, 0.3) is 0 Å². The van der Waals surface area contributed by atoms with Gasteiger partial charge >= 0.3 is 0 Å². The van der Waals surface area contributed by atoms with Gasteiger partial charge in [-0.1, -0.05) is 25.4 Å². The Morgan fingerprint density at radius 2 is 1.90 bits per heavy atom. The summed E-state index contributed by atoms with van der Waals surface area (Å²) in [5.74, 6) is 2.88. The van der Waals surface area contributed by atoms with E-state index in [1.165, 1.54) is 4.90 Å². The minimum atomic E-state index is 0.381. The maximum Gasteiger partial charge on any atom is 0.143 e. The molecule has 0 bridgehead atoms. The molecule has 0 saturated heterocycles. The summed E-state index contributed by atoms with van der Waals surface area (Å²) in [5, 5.41) is 3.91. The molecule has 2 aromatic rings. The van der Waals surface area contributed by atoms with Gasteiger partial charge in [-0.25, -0.2) is 9.97 Å². The predicted octanol–water partition coefficient (Wildman–Crippen LogP) is 5.19. The first kappa shape index (κ1) is 16.8. The monoisotopic (exact) mass is 433 g/mol. The van der Waals surface area contributed by atoms with Crippen LogP contribution in [0.25, 0.3) is 0 Å². The third-order valence-electron chi connectivity index (χ3n) is 2.89. The van der Waals surface area contributed by atoms with Gasteiger partial charge in [0.05, 0.1) is 15.0 Å². The van der Waals surface area contributed by atoms with Crippen LogP contribution in [0.4, 0.5) is 5.82 Å². The molecule has 1 aromatic heterocycles. The molecule has 0 fully saturated rings. The Hall–Kier alpha value is -0.530. The van der Waals surface area contributed by atoms with Crippen LogP contribution in [0.1, 0.15) is 31.3 Å². The predicted molar refractivity (Wildman–Crippen MR) is 99.4 cm³/mol. The first-order valence-electron chi connectivity index (χ1n) is 6.63. The summed E-state index contributed by atoms with van der Waals surface area (Å²) in [6, 6.07) is 7.83. The number of nitrogens with one attached hydrogen (secondary N) is 1. The Bertz CT molecular complexity index is 617. The van der Waals surface area contributed by atoms with Gasteiger partial charge in [-0.15, -0.1) is 11.8 Å². The normalized spacial score (nSPS) is 11.0. The van der Waals surface area contributed by atoms with E-state index in [2.05, 4.69) is 46.7 Å². The van der Waals surface area contributed by atoms with Crippen molar-refractivity contribution in [2.75, 3.05) is 12.4 Å². The fraction of sp³-hybridized carbons (Fsp3) is 0.333. The molecule has 0 radical (unpaired) electrons. The van der Waals surface area contributed by atoms with Gasteiger partial charge in [0.2, 0.25) is 0 Å². The van der Waals surface area contributed by atoms with Crippen LogP contribution in [-0.2, 0) is 5.75 Å². The summed E-state index contributed by atoms with van der Waals surface area (Å²) >= 11 is 9.92. The Kier molecular flexibility index (Phi) is 6.13. The van der Waals surface area contributed by atoms with Crippen LogP contribution >= 0.6 is 46.0 Å². The maximum absolute atomic E-state index is 5.90. The third-order valence-corrected chi connectivity index (χ3v) is 5.21. The molecule has 0 aliphatic carbocycles. The van der Waals surface area contributed by atoms with Crippen molar-refractivity contribution < 1.29 is 0 Å². The van der Waals surface area contributed by atoms with E-state index in [-0.39, 0.29) is 0 Å². The smallest absolute Gasteiger partial charge is 0.143 e. The largest absolute Gasteiger partial charge is 0.372 e. The van der Waals surface area contributed by atoms with E-state index in [9.17, 15) is 0 Å². The molecule has 0 aliphatic heterocycles. The van der Waals surface area contributed by atoms with Gasteiger partial charge in [0.1, 0.15) is 11.6 Å². The van der Waals surface area contributed by atoms with Gasteiger partial charge < -0.3 is 5.32 Å². The van der Waals surface area contributed by atoms with Gasteiger partial charge in [-0.2, -0.15) is 0 Å². The van der Waals surface area contributed by atoms with Crippen LogP contribution in [0.3, 0.4) is 0 Å². The number of aromatic nitrogens is 2. The molecule has 6 heteroatoms. The van der Waals surface area contributed by atoms with E-state index in [0.717, 1.165) is 31.7 Å². The highest BCUT2D eigenvalue weighted by Gasteiger charge is 2.14. The van der Waals surface area contributed by atoms with Gasteiger partial charge in [0, 0.05) is 17.0 Å². The SMILES string of the molecule is CNc1nc(CSc2ccc(Cl)cc2)nc(C(C)C)c1I. The highest BCUT2D eigenvalue weighted by molar-refractivity contribution is 14.1. The van der Waals surface area contributed by atoms with Crippen molar-refractivity contribution in [2.24, 2.45) is 0 Å². The fourth-order valence-corrected chi connectivity index (χ4v) is 3.82. The highest BCUT2D eigenvalue weighted by Crippen LogP contribution is 2.28. The van der Waals surface area contributed by atoms with E-state index in [1.54, 1.807) is 11.8 Å². The molecule has 3 nitrogen and oxygen atoms in total. The van der Waals surface area contributed by atoms with Crippen molar-refractivity contribution in [3.63, 3.8) is 0 Å². The lowest BCUT2D eigenvalue weighted by Crippen LogP contribution is -2.08. The first-order chi connectivity index (χ1) is 10.0. The third kappa shape index (κ3) is 4.47. The lowest BCUT2D eigenvalue weighted by Gasteiger charge is -2.13. The second kappa shape index (κ2) is 7.65. The zero-order valence-electron chi connectivity index (χ0n) is 12.2. The van der Waals surface area contributed by atoms with Crippen LogP contribution in [0.5, 0.6) is 0 Å². The molecule has 0 unspecified atom stereocenters. The standard InChI is InChI=1S/C15H17ClIN3S/c1-9(2)14-13(17)15(18-3)20-12(19-14)8-21-11-6-4-10(16)5-7-11/h4-7,9H,8H2,1-3H3,(H,18,19,20). The molecular weight excluding hydrogens is 417 g/mol. The van der Waals surface area contributed by atoms with Crippen LogP contribution in [-0.4, -0.2) is 17.0 Å². The minimum absolute atomic E-state index is 0.381. The molecule has 1 aromatic carbocycles. The molecule has 0 atom stereocenters. The van der Waals surface area contributed by atoms with Crippen molar-refractivity contribution in [1.29, 1.82) is 0 Å². The summed E-state index contributed by atoms with van der Waals surface area (Å²) in [4.78, 5) is 10.5. The van der Waals surface area contributed by atoms with E-state index in [1.807, 2.05) is 31.3 Å². The lowest BCUT2D eigenvalue weighted by molar-refractivity contribution is 0.792. The quantitative estimate of drug-likeness (QED) is 0.520. The Balaban J connectivity index is 2.19. The molecular formula is C15H17ClIN3S. The van der Waals surface area contributed by atoms with Gasteiger partial charge in [-0.3, -0.25) is 0 Å². The Morgan fingerprint density at radius 1 is 1.24 bits per heavy atom. The zero-order chi connectivity index (χ0) is 15.4. The molecule has 0 saturated carbocycles. The molecule has 1 heterocycles. The molecule has 0 amide bonds. The molecule has 112 valence electrons. The van der Waals surface area contributed by atoms with Crippen molar-refractivity contribution in [3.8, 4) is 0 Å².